The quantitative estimate of drug-likeness (QED) is 0.494. The lowest BCUT2D eigenvalue weighted by Crippen LogP contribution is -2.33. The number of ether oxygens (including phenoxy) is 1. The van der Waals surface area contributed by atoms with Crippen LogP contribution in [0.5, 0.6) is 5.75 Å². The number of aromatic nitrogens is 3. The Morgan fingerprint density at radius 2 is 2.09 bits per heavy atom. The number of anilines is 4. The molecule has 5 rings (SSSR count). The van der Waals surface area contributed by atoms with Crippen LogP contribution in [0.15, 0.2) is 42.7 Å². The van der Waals surface area contributed by atoms with Gasteiger partial charge in [-0.15, -0.1) is 0 Å². The van der Waals surface area contributed by atoms with Crippen LogP contribution in [0.1, 0.15) is 25.3 Å². The Morgan fingerprint density at radius 1 is 1.26 bits per heavy atom. The van der Waals surface area contributed by atoms with Crippen molar-refractivity contribution in [3.8, 4) is 23.1 Å². The van der Waals surface area contributed by atoms with Gasteiger partial charge in [0.2, 0.25) is 5.95 Å². The Morgan fingerprint density at radius 3 is 2.83 bits per heavy atom. The number of nitriles is 1. The molecule has 0 bridgehead atoms. The van der Waals surface area contributed by atoms with E-state index in [9.17, 15) is 5.11 Å². The number of rotatable bonds is 6. The standard InChI is InChI=1S/C26H29N7O2/c1-26(16-34)15-30-24-20(26)11-18(14-29-24)21-5-8-28-25(31-21)32-22-4-3-19(12-23(22)35-2)33-9-6-17(13-27)7-10-33/h3-5,8,11-12,14,17,34H,6-7,9-10,15-16H2,1-2H3,(H,29,30)(H,28,31,32). The predicted octanol–water partition coefficient (Wildman–Crippen LogP) is 3.71. The molecule has 0 saturated carbocycles. The van der Waals surface area contributed by atoms with Gasteiger partial charge in [-0.3, -0.25) is 0 Å². The second kappa shape index (κ2) is 9.39. The van der Waals surface area contributed by atoms with Gasteiger partial charge in [-0.2, -0.15) is 5.26 Å². The van der Waals surface area contributed by atoms with Gasteiger partial charge < -0.3 is 25.4 Å². The molecule has 1 aromatic carbocycles. The van der Waals surface area contributed by atoms with Crippen molar-refractivity contribution in [1.82, 2.24) is 15.0 Å². The minimum absolute atomic E-state index is 0.0425. The summed E-state index contributed by atoms with van der Waals surface area (Å²) in [6, 6.07) is 12.3. The molecule has 2 aromatic heterocycles. The molecule has 1 unspecified atom stereocenters. The number of benzene rings is 1. The van der Waals surface area contributed by atoms with Gasteiger partial charge in [0.05, 0.1) is 31.2 Å². The first kappa shape index (κ1) is 22.9. The maximum absolute atomic E-state index is 9.89. The minimum atomic E-state index is -0.370. The number of hydrogen-bond donors (Lipinski definition) is 3. The van der Waals surface area contributed by atoms with Crippen molar-refractivity contribution in [3.05, 3.63) is 48.3 Å². The zero-order valence-corrected chi connectivity index (χ0v) is 20.0. The van der Waals surface area contributed by atoms with E-state index in [1.165, 1.54) is 0 Å². The maximum atomic E-state index is 9.89. The Bertz CT molecular complexity index is 1270. The van der Waals surface area contributed by atoms with Gasteiger partial charge in [0.1, 0.15) is 11.6 Å². The highest BCUT2D eigenvalue weighted by molar-refractivity contribution is 5.70. The average Bonchev–Trinajstić information content (AvgIpc) is 3.25. The number of fused-ring (bicyclic) bond motifs is 1. The molecule has 0 aliphatic carbocycles. The van der Waals surface area contributed by atoms with Crippen LogP contribution < -0.4 is 20.3 Å². The lowest BCUT2D eigenvalue weighted by atomic mass is 9.85. The molecular weight excluding hydrogens is 442 g/mol. The first-order chi connectivity index (χ1) is 17.0. The van der Waals surface area contributed by atoms with Gasteiger partial charge in [0.25, 0.3) is 0 Å². The predicted molar refractivity (Wildman–Crippen MR) is 135 cm³/mol. The van der Waals surface area contributed by atoms with Crippen molar-refractivity contribution < 1.29 is 9.84 Å². The normalized spacial score (nSPS) is 19.5. The number of aliphatic hydroxyl groups excluding tert-OH is 1. The van der Waals surface area contributed by atoms with Crippen LogP contribution in [0.25, 0.3) is 11.3 Å². The van der Waals surface area contributed by atoms with Crippen LogP contribution in [-0.2, 0) is 5.41 Å². The topological polar surface area (TPSA) is 119 Å². The summed E-state index contributed by atoms with van der Waals surface area (Å²) in [4.78, 5) is 15.9. The molecule has 1 atom stereocenters. The Kier molecular flexibility index (Phi) is 6.14. The lowest BCUT2D eigenvalue weighted by molar-refractivity contribution is 0.218. The van der Waals surface area contributed by atoms with E-state index >= 15 is 0 Å². The maximum Gasteiger partial charge on any atom is 0.227 e. The van der Waals surface area contributed by atoms with Gasteiger partial charge in [-0.1, -0.05) is 6.92 Å². The van der Waals surface area contributed by atoms with Crippen LogP contribution in [-0.4, -0.2) is 53.4 Å². The number of nitrogens with zero attached hydrogens (tertiary/aromatic N) is 5. The molecule has 0 amide bonds. The molecule has 0 radical (unpaired) electrons. The average molecular weight is 472 g/mol. The second-order valence-electron chi connectivity index (χ2n) is 9.36. The Hall–Kier alpha value is -3.90. The summed E-state index contributed by atoms with van der Waals surface area (Å²) >= 11 is 0. The van der Waals surface area contributed by atoms with Gasteiger partial charge in [-0.25, -0.2) is 15.0 Å². The zero-order chi connectivity index (χ0) is 24.4. The van der Waals surface area contributed by atoms with Crippen molar-refractivity contribution in [2.24, 2.45) is 5.92 Å². The summed E-state index contributed by atoms with van der Waals surface area (Å²) in [5.74, 6) is 2.10. The Labute approximate surface area is 204 Å². The van der Waals surface area contributed by atoms with Gasteiger partial charge in [-0.05, 0) is 37.1 Å². The fourth-order valence-electron chi connectivity index (χ4n) is 4.67. The van der Waals surface area contributed by atoms with Crippen molar-refractivity contribution in [2.75, 3.05) is 48.9 Å². The molecule has 9 nitrogen and oxygen atoms in total. The van der Waals surface area contributed by atoms with Crippen LogP contribution in [0.3, 0.4) is 0 Å². The van der Waals surface area contributed by atoms with E-state index in [0.717, 1.165) is 59.9 Å². The van der Waals surface area contributed by atoms with E-state index in [1.54, 1.807) is 19.5 Å². The number of hydrogen-bond acceptors (Lipinski definition) is 9. The number of nitrogens with one attached hydrogen (secondary N) is 2. The van der Waals surface area contributed by atoms with Crippen molar-refractivity contribution in [3.63, 3.8) is 0 Å². The second-order valence-corrected chi connectivity index (χ2v) is 9.36. The molecular formula is C26H29N7O2. The molecule has 1 fully saturated rings. The number of aliphatic hydroxyl groups is 1. The lowest BCUT2D eigenvalue weighted by Gasteiger charge is -2.31. The fraction of sp³-hybridized carbons (Fsp3) is 0.385. The minimum Gasteiger partial charge on any atom is -0.494 e. The monoisotopic (exact) mass is 471 g/mol. The van der Waals surface area contributed by atoms with E-state index < -0.39 is 0 Å². The third-order valence-electron chi connectivity index (χ3n) is 6.96. The van der Waals surface area contributed by atoms with Crippen LogP contribution in [0.4, 0.5) is 23.1 Å². The first-order valence-electron chi connectivity index (χ1n) is 11.8. The van der Waals surface area contributed by atoms with Gasteiger partial charge in [0, 0.05) is 66.2 Å². The molecule has 2 aliphatic rings. The molecule has 4 heterocycles. The SMILES string of the molecule is COc1cc(N2CCC(C#N)CC2)ccc1Nc1nccc(-c2cnc3c(c2)C(C)(CO)CN3)n1. The summed E-state index contributed by atoms with van der Waals surface area (Å²) in [5.41, 5.74) is 4.06. The fourth-order valence-corrected chi connectivity index (χ4v) is 4.67. The smallest absolute Gasteiger partial charge is 0.227 e. The summed E-state index contributed by atoms with van der Waals surface area (Å²) < 4.78 is 5.65. The highest BCUT2D eigenvalue weighted by atomic mass is 16.5. The van der Waals surface area contributed by atoms with Gasteiger partial charge in [0.15, 0.2) is 0 Å². The molecule has 1 saturated heterocycles. The highest BCUT2D eigenvalue weighted by Crippen LogP contribution is 2.37. The van der Waals surface area contributed by atoms with Crippen LogP contribution >= 0.6 is 0 Å². The third-order valence-corrected chi connectivity index (χ3v) is 6.96. The number of methoxy groups -OCH3 is 1. The van der Waals surface area contributed by atoms with E-state index in [-0.39, 0.29) is 17.9 Å². The Balaban J connectivity index is 1.37. The molecule has 9 heteroatoms. The number of piperidine rings is 1. The summed E-state index contributed by atoms with van der Waals surface area (Å²) in [7, 11) is 1.64. The van der Waals surface area contributed by atoms with E-state index in [2.05, 4.69) is 37.6 Å². The van der Waals surface area contributed by atoms with Crippen molar-refractivity contribution in [2.45, 2.75) is 25.2 Å². The molecule has 3 N–H and O–H groups in total. The van der Waals surface area contributed by atoms with E-state index in [4.69, 9.17) is 15.0 Å². The van der Waals surface area contributed by atoms with Crippen LogP contribution in [0.2, 0.25) is 0 Å². The molecule has 3 aromatic rings. The van der Waals surface area contributed by atoms with E-state index in [1.807, 2.05) is 31.2 Å². The molecule has 2 aliphatic heterocycles. The summed E-state index contributed by atoms with van der Waals surface area (Å²) in [6.45, 7) is 4.43. The first-order valence-corrected chi connectivity index (χ1v) is 11.8. The summed E-state index contributed by atoms with van der Waals surface area (Å²) in [6.07, 6.45) is 5.25. The highest BCUT2D eigenvalue weighted by Gasteiger charge is 2.35. The van der Waals surface area contributed by atoms with Crippen molar-refractivity contribution in [1.29, 1.82) is 5.26 Å². The number of pyridine rings is 1. The van der Waals surface area contributed by atoms with Crippen LogP contribution in [0, 0.1) is 17.2 Å². The molecule has 0 spiro atoms. The summed E-state index contributed by atoms with van der Waals surface area (Å²) in [5, 5.41) is 25.6. The third kappa shape index (κ3) is 4.45. The zero-order valence-electron chi connectivity index (χ0n) is 20.0. The largest absolute Gasteiger partial charge is 0.494 e. The van der Waals surface area contributed by atoms with Gasteiger partial charge >= 0.3 is 0 Å². The van der Waals surface area contributed by atoms with Crippen molar-refractivity contribution >= 4 is 23.1 Å². The van der Waals surface area contributed by atoms with E-state index in [0.29, 0.717) is 18.2 Å². The molecule has 180 valence electrons. The molecule has 35 heavy (non-hydrogen) atoms.